The molecule has 0 fully saturated rings. The van der Waals surface area contributed by atoms with Crippen LogP contribution in [0.25, 0.3) is 22.0 Å². The normalized spacial score (nSPS) is 11.9. The van der Waals surface area contributed by atoms with E-state index < -0.39 is 6.04 Å². The Labute approximate surface area is 193 Å². The summed E-state index contributed by atoms with van der Waals surface area (Å²) in [6.07, 6.45) is 2.43. The van der Waals surface area contributed by atoms with Gasteiger partial charge in [-0.1, -0.05) is 30.3 Å². The van der Waals surface area contributed by atoms with Gasteiger partial charge in [-0.15, -0.1) is 0 Å². The Bertz CT molecular complexity index is 1280. The van der Waals surface area contributed by atoms with Crippen molar-refractivity contribution in [2.24, 2.45) is 0 Å². The molecule has 0 aliphatic rings. The highest BCUT2D eigenvalue weighted by Crippen LogP contribution is 2.32. The number of H-pyrrole nitrogens is 1. The lowest BCUT2D eigenvalue weighted by atomic mass is 9.98. The van der Waals surface area contributed by atoms with Gasteiger partial charge in [-0.3, -0.25) is 4.79 Å². The number of aryl methyl sites for hydroxylation is 1. The number of methoxy groups -OCH3 is 2. The zero-order valence-corrected chi connectivity index (χ0v) is 19.0. The molecule has 3 N–H and O–H groups in total. The number of carbonyl (C=O) groups is 1. The predicted molar refractivity (Wildman–Crippen MR) is 130 cm³/mol. The van der Waals surface area contributed by atoms with E-state index in [4.69, 9.17) is 9.47 Å². The zero-order chi connectivity index (χ0) is 23.4. The van der Waals surface area contributed by atoms with Crippen LogP contribution < -0.4 is 14.8 Å². The summed E-state index contributed by atoms with van der Waals surface area (Å²) in [7, 11) is 3.18. The minimum atomic E-state index is -0.442. The van der Waals surface area contributed by atoms with Crippen LogP contribution in [0, 0.1) is 6.92 Å². The number of carbonyl (C=O) groups excluding carboxylic acids is 1. The molecule has 0 radical (unpaired) electrons. The van der Waals surface area contributed by atoms with Gasteiger partial charge >= 0.3 is 0 Å². The molecule has 6 nitrogen and oxygen atoms in total. The maximum Gasteiger partial charge on any atom is 0.255 e. The van der Waals surface area contributed by atoms with Crippen LogP contribution >= 0.6 is 0 Å². The molecule has 1 aromatic heterocycles. The van der Waals surface area contributed by atoms with Crippen LogP contribution in [0.4, 0.5) is 0 Å². The summed E-state index contributed by atoms with van der Waals surface area (Å²) >= 11 is 0. The summed E-state index contributed by atoms with van der Waals surface area (Å²) in [5.41, 5.74) is 5.16. The van der Waals surface area contributed by atoms with E-state index in [-0.39, 0.29) is 12.5 Å². The number of aliphatic hydroxyl groups excluding tert-OH is 1. The number of nitrogens with one attached hydrogen (secondary N) is 2. The van der Waals surface area contributed by atoms with E-state index in [2.05, 4.69) is 10.3 Å². The topological polar surface area (TPSA) is 83.6 Å². The molecule has 4 aromatic rings. The third-order valence-electron chi connectivity index (χ3n) is 5.82. The molecule has 0 aliphatic heterocycles. The Kier molecular flexibility index (Phi) is 6.66. The Morgan fingerprint density at radius 1 is 1.03 bits per heavy atom. The molecule has 0 aliphatic carbocycles. The van der Waals surface area contributed by atoms with Crippen molar-refractivity contribution in [3.05, 3.63) is 83.6 Å². The number of benzene rings is 3. The highest BCUT2D eigenvalue weighted by Gasteiger charge is 2.21. The molecular formula is C27H28N2O4. The van der Waals surface area contributed by atoms with Crippen molar-refractivity contribution in [3.8, 4) is 22.6 Å². The lowest BCUT2D eigenvalue weighted by Crippen LogP contribution is -2.39. The lowest BCUT2D eigenvalue weighted by Gasteiger charge is -2.19. The molecule has 0 unspecified atom stereocenters. The number of ether oxygens (including phenoxy) is 2. The first kappa shape index (κ1) is 22.4. The van der Waals surface area contributed by atoms with Crippen molar-refractivity contribution in [2.75, 3.05) is 20.8 Å². The van der Waals surface area contributed by atoms with Gasteiger partial charge in [-0.2, -0.15) is 0 Å². The average molecular weight is 445 g/mol. The monoisotopic (exact) mass is 444 g/mol. The Hall–Kier alpha value is -3.77. The number of hydrogen-bond acceptors (Lipinski definition) is 4. The van der Waals surface area contributed by atoms with E-state index in [9.17, 15) is 9.90 Å². The maximum atomic E-state index is 13.3. The quantitative estimate of drug-likeness (QED) is 0.374. The smallest absolute Gasteiger partial charge is 0.255 e. The number of hydrogen-bond donors (Lipinski definition) is 3. The maximum absolute atomic E-state index is 13.3. The first-order chi connectivity index (χ1) is 16.0. The molecule has 0 saturated carbocycles. The summed E-state index contributed by atoms with van der Waals surface area (Å²) < 4.78 is 10.9. The summed E-state index contributed by atoms with van der Waals surface area (Å²) in [6, 6.07) is 19.0. The minimum absolute atomic E-state index is 0.178. The van der Waals surface area contributed by atoms with Crippen molar-refractivity contribution in [1.82, 2.24) is 10.3 Å². The largest absolute Gasteiger partial charge is 0.497 e. The van der Waals surface area contributed by atoms with Gasteiger partial charge in [0.15, 0.2) is 0 Å². The van der Waals surface area contributed by atoms with Gasteiger partial charge in [0.1, 0.15) is 11.5 Å². The Morgan fingerprint density at radius 3 is 2.61 bits per heavy atom. The van der Waals surface area contributed by atoms with E-state index in [1.54, 1.807) is 14.2 Å². The second kappa shape index (κ2) is 9.79. The number of aromatic amines is 1. The second-order valence-electron chi connectivity index (χ2n) is 8.02. The van der Waals surface area contributed by atoms with Crippen LogP contribution in [0.15, 0.2) is 66.9 Å². The summed E-state index contributed by atoms with van der Waals surface area (Å²) in [6.45, 7) is 1.73. The number of amides is 1. The number of para-hydroxylation sites is 1. The molecule has 1 amide bonds. The predicted octanol–water partition coefficient (Wildman–Crippen LogP) is 4.49. The lowest BCUT2D eigenvalue weighted by molar-refractivity contribution is 0.0913. The van der Waals surface area contributed by atoms with Crippen molar-refractivity contribution < 1.29 is 19.4 Å². The van der Waals surface area contributed by atoms with Crippen LogP contribution in [0.5, 0.6) is 11.5 Å². The van der Waals surface area contributed by atoms with Gasteiger partial charge in [0.25, 0.3) is 5.91 Å². The standard InChI is InChI=1S/C27H28N2O4/c1-17-11-19(18-7-6-8-22(13-18)32-2)14-24(26(17)33-3)27(31)29-21(16-30)12-20-15-28-25-10-5-4-9-23(20)25/h4-11,13-15,21,28,30H,12,16H2,1-3H3,(H,29,31)/t21-/m1/s1. The molecule has 0 saturated heterocycles. The molecule has 4 rings (SSSR count). The highest BCUT2D eigenvalue weighted by molar-refractivity contribution is 5.99. The van der Waals surface area contributed by atoms with Crippen molar-refractivity contribution in [1.29, 1.82) is 0 Å². The molecule has 33 heavy (non-hydrogen) atoms. The van der Waals surface area contributed by atoms with Gasteiger partial charge < -0.3 is 24.9 Å². The Balaban J connectivity index is 1.62. The second-order valence-corrected chi connectivity index (χ2v) is 8.02. The van der Waals surface area contributed by atoms with E-state index in [0.29, 0.717) is 17.7 Å². The van der Waals surface area contributed by atoms with Gasteiger partial charge in [0.2, 0.25) is 0 Å². The third kappa shape index (κ3) is 4.71. The number of rotatable bonds is 8. The van der Waals surface area contributed by atoms with Crippen molar-refractivity contribution >= 4 is 16.8 Å². The highest BCUT2D eigenvalue weighted by atomic mass is 16.5. The van der Waals surface area contributed by atoms with E-state index in [1.165, 1.54) is 0 Å². The van der Waals surface area contributed by atoms with E-state index in [0.717, 1.165) is 38.9 Å². The fourth-order valence-electron chi connectivity index (χ4n) is 4.17. The fraction of sp³-hybridized carbons (Fsp3) is 0.222. The average Bonchev–Trinajstić information content (AvgIpc) is 3.25. The minimum Gasteiger partial charge on any atom is -0.497 e. The Morgan fingerprint density at radius 2 is 1.85 bits per heavy atom. The first-order valence-corrected chi connectivity index (χ1v) is 10.8. The molecule has 1 atom stereocenters. The third-order valence-corrected chi connectivity index (χ3v) is 5.82. The van der Waals surface area contributed by atoms with Crippen molar-refractivity contribution in [3.63, 3.8) is 0 Å². The van der Waals surface area contributed by atoms with Crippen LogP contribution in [0.2, 0.25) is 0 Å². The number of fused-ring (bicyclic) bond motifs is 1. The first-order valence-electron chi connectivity index (χ1n) is 10.8. The molecule has 3 aromatic carbocycles. The van der Waals surface area contributed by atoms with E-state index in [1.807, 2.05) is 73.8 Å². The van der Waals surface area contributed by atoms with Crippen molar-refractivity contribution in [2.45, 2.75) is 19.4 Å². The number of aromatic nitrogens is 1. The van der Waals surface area contributed by atoms with Gasteiger partial charge in [-0.25, -0.2) is 0 Å². The van der Waals surface area contributed by atoms with Gasteiger partial charge in [0.05, 0.1) is 32.4 Å². The molecule has 0 bridgehead atoms. The summed E-state index contributed by atoms with van der Waals surface area (Å²) in [5, 5.41) is 14.1. The molecule has 0 spiro atoms. The molecule has 1 heterocycles. The van der Waals surface area contributed by atoms with Crippen LogP contribution in [-0.2, 0) is 6.42 Å². The van der Waals surface area contributed by atoms with E-state index >= 15 is 0 Å². The zero-order valence-electron chi connectivity index (χ0n) is 19.0. The van der Waals surface area contributed by atoms with Crippen LogP contribution in [0.1, 0.15) is 21.5 Å². The molecule has 170 valence electrons. The van der Waals surface area contributed by atoms with Gasteiger partial charge in [-0.05, 0) is 65.9 Å². The van der Waals surface area contributed by atoms with Crippen LogP contribution in [0.3, 0.4) is 0 Å². The summed E-state index contributed by atoms with van der Waals surface area (Å²) in [4.78, 5) is 16.5. The van der Waals surface area contributed by atoms with Crippen LogP contribution in [-0.4, -0.2) is 42.9 Å². The SMILES string of the molecule is COc1cccc(-c2cc(C)c(OC)c(C(=O)N[C@@H](CO)Cc3c[nH]c4ccccc34)c2)c1. The summed E-state index contributed by atoms with van der Waals surface area (Å²) in [5.74, 6) is 0.965. The molecular weight excluding hydrogens is 416 g/mol. The van der Waals surface area contributed by atoms with Gasteiger partial charge in [0, 0.05) is 17.1 Å². The molecule has 6 heteroatoms. The fourth-order valence-corrected chi connectivity index (χ4v) is 4.17. The number of aliphatic hydroxyl groups is 1.